The van der Waals surface area contributed by atoms with Crippen LogP contribution < -0.4 is 4.90 Å². The molecule has 80 valence electrons. The van der Waals surface area contributed by atoms with Crippen molar-refractivity contribution < 1.29 is 13.3 Å². The van der Waals surface area contributed by atoms with E-state index in [1.165, 1.54) is 36.0 Å². The number of sulfone groups is 1. The molecule has 0 radical (unpaired) electrons. The Bertz CT molecular complexity index is 313. The van der Waals surface area contributed by atoms with E-state index in [0.29, 0.717) is 5.75 Å². The predicted octanol–water partition coefficient (Wildman–Crippen LogP) is -0.244. The smallest absolute Gasteiger partial charge is 0.177 e. The van der Waals surface area contributed by atoms with Gasteiger partial charge >= 0.3 is 0 Å². The van der Waals surface area contributed by atoms with Crippen molar-refractivity contribution in [3.8, 4) is 0 Å². The van der Waals surface area contributed by atoms with Crippen molar-refractivity contribution in [3.05, 3.63) is 11.5 Å². The van der Waals surface area contributed by atoms with Gasteiger partial charge in [0, 0.05) is 5.41 Å². The second-order valence-electron chi connectivity index (χ2n) is 4.34. The van der Waals surface area contributed by atoms with Crippen LogP contribution in [0.2, 0.25) is 0 Å². The minimum atomic E-state index is -2.86. The molecule has 2 rings (SSSR count). The Morgan fingerprint density at radius 3 is 2.21 bits per heavy atom. The van der Waals surface area contributed by atoms with Crippen LogP contribution in [0.25, 0.3) is 0 Å². The maximum atomic E-state index is 11.3. The minimum Gasteiger partial charge on any atom is -0.328 e. The van der Waals surface area contributed by atoms with Gasteiger partial charge in [-0.05, 0) is 31.8 Å². The van der Waals surface area contributed by atoms with Gasteiger partial charge in [0.2, 0.25) is 0 Å². The number of hydrogen-bond acceptors (Lipinski definition) is 2. The normalized spacial score (nSPS) is 33.0. The summed E-state index contributed by atoms with van der Waals surface area (Å²) in [5, 5.41) is 1.40. The van der Waals surface area contributed by atoms with Gasteiger partial charge in [-0.3, -0.25) is 0 Å². The van der Waals surface area contributed by atoms with Gasteiger partial charge in [-0.1, -0.05) is 0 Å². The highest BCUT2D eigenvalue weighted by molar-refractivity contribution is 7.94. The first kappa shape index (κ1) is 10.2. The van der Waals surface area contributed by atoms with E-state index in [1.54, 1.807) is 0 Å². The summed E-state index contributed by atoms with van der Waals surface area (Å²) >= 11 is 0. The molecule has 2 aliphatic heterocycles. The molecule has 14 heavy (non-hydrogen) atoms. The molecule has 2 aliphatic rings. The number of rotatable bonds is 1. The summed E-state index contributed by atoms with van der Waals surface area (Å²) in [5.74, 6) is 0.336. The highest BCUT2D eigenvalue weighted by Crippen LogP contribution is 2.07. The lowest BCUT2D eigenvalue weighted by molar-refractivity contribution is -0.915. The standard InChI is InChI=1S/C10H17NO2S/c12-14(13)8-5-10(9-14)11-6-3-1-2-4-7-11/h5,8,10H,1-4,6-7,9H2/p+1. The second-order valence-corrected chi connectivity index (χ2v) is 6.27. The van der Waals surface area contributed by atoms with Crippen LogP contribution in [0.3, 0.4) is 0 Å². The van der Waals surface area contributed by atoms with E-state index in [1.807, 2.05) is 6.08 Å². The lowest BCUT2D eigenvalue weighted by Crippen LogP contribution is -3.15. The number of quaternary nitrogens is 1. The van der Waals surface area contributed by atoms with Crippen molar-refractivity contribution in [1.82, 2.24) is 0 Å². The molecule has 0 amide bonds. The Balaban J connectivity index is 1.99. The van der Waals surface area contributed by atoms with E-state index >= 15 is 0 Å². The SMILES string of the molecule is O=S1(=O)C=CC([NH+]2CCCCCC2)C1. The van der Waals surface area contributed by atoms with Crippen LogP contribution in [-0.4, -0.2) is 33.3 Å². The van der Waals surface area contributed by atoms with Crippen molar-refractivity contribution in [2.24, 2.45) is 0 Å². The highest BCUT2D eigenvalue weighted by Gasteiger charge is 2.30. The van der Waals surface area contributed by atoms with Gasteiger partial charge in [0.15, 0.2) is 9.84 Å². The summed E-state index contributed by atoms with van der Waals surface area (Å²) in [7, 11) is -2.86. The van der Waals surface area contributed by atoms with Gasteiger partial charge in [-0.15, -0.1) is 0 Å². The van der Waals surface area contributed by atoms with Crippen LogP contribution in [0.4, 0.5) is 0 Å². The Morgan fingerprint density at radius 2 is 1.71 bits per heavy atom. The molecule has 1 N–H and O–H groups in total. The fraction of sp³-hybridized carbons (Fsp3) is 0.800. The first-order valence-corrected chi connectivity index (χ1v) is 7.14. The van der Waals surface area contributed by atoms with Gasteiger partial charge in [-0.2, -0.15) is 0 Å². The molecular weight excluding hydrogens is 198 g/mol. The number of likely N-dealkylation sites (tertiary alicyclic amines) is 1. The van der Waals surface area contributed by atoms with Gasteiger partial charge in [0.05, 0.1) is 13.1 Å². The van der Waals surface area contributed by atoms with Crippen LogP contribution in [0, 0.1) is 0 Å². The maximum Gasteiger partial charge on any atom is 0.177 e. The van der Waals surface area contributed by atoms with Crippen molar-refractivity contribution >= 4 is 9.84 Å². The second kappa shape index (κ2) is 4.03. The van der Waals surface area contributed by atoms with Crippen LogP contribution in [0.15, 0.2) is 11.5 Å². The molecule has 1 saturated heterocycles. The molecule has 0 spiro atoms. The van der Waals surface area contributed by atoms with Gasteiger partial charge in [-0.25, -0.2) is 8.42 Å². The van der Waals surface area contributed by atoms with Crippen molar-refractivity contribution in [2.75, 3.05) is 18.8 Å². The Morgan fingerprint density at radius 1 is 1.07 bits per heavy atom. The van der Waals surface area contributed by atoms with Crippen molar-refractivity contribution in [3.63, 3.8) is 0 Å². The lowest BCUT2D eigenvalue weighted by Gasteiger charge is -2.21. The molecule has 1 unspecified atom stereocenters. The average molecular weight is 216 g/mol. The molecule has 0 bridgehead atoms. The first-order chi connectivity index (χ1) is 6.67. The van der Waals surface area contributed by atoms with E-state index in [2.05, 4.69) is 0 Å². The average Bonchev–Trinajstić information content (AvgIpc) is 2.42. The summed E-state index contributed by atoms with van der Waals surface area (Å²) in [6.07, 6.45) is 7.01. The quantitative estimate of drug-likeness (QED) is 0.657. The summed E-state index contributed by atoms with van der Waals surface area (Å²) in [4.78, 5) is 1.47. The third-order valence-corrected chi connectivity index (χ3v) is 4.60. The van der Waals surface area contributed by atoms with E-state index in [9.17, 15) is 8.42 Å². The Labute approximate surface area is 85.7 Å². The first-order valence-electron chi connectivity index (χ1n) is 5.43. The van der Waals surface area contributed by atoms with Crippen molar-refractivity contribution in [2.45, 2.75) is 31.7 Å². The van der Waals surface area contributed by atoms with E-state index in [0.717, 1.165) is 13.1 Å². The molecule has 0 aliphatic carbocycles. The topological polar surface area (TPSA) is 38.6 Å². The van der Waals surface area contributed by atoms with E-state index in [-0.39, 0.29) is 6.04 Å². The number of hydrogen-bond donors (Lipinski definition) is 1. The summed E-state index contributed by atoms with van der Waals surface area (Å²) in [6.45, 7) is 2.29. The largest absolute Gasteiger partial charge is 0.328 e. The fourth-order valence-electron chi connectivity index (χ4n) is 2.38. The molecule has 0 aromatic rings. The fourth-order valence-corrected chi connectivity index (χ4v) is 3.77. The maximum absolute atomic E-state index is 11.3. The molecule has 0 aromatic carbocycles. The van der Waals surface area contributed by atoms with E-state index < -0.39 is 9.84 Å². The van der Waals surface area contributed by atoms with Gasteiger partial charge in [0.25, 0.3) is 0 Å². The minimum absolute atomic E-state index is 0.234. The molecule has 1 fully saturated rings. The summed E-state index contributed by atoms with van der Waals surface area (Å²) in [5.41, 5.74) is 0. The molecule has 2 heterocycles. The Hall–Kier alpha value is -0.350. The third kappa shape index (κ3) is 2.36. The van der Waals surface area contributed by atoms with Gasteiger partial charge < -0.3 is 4.90 Å². The van der Waals surface area contributed by atoms with Crippen LogP contribution >= 0.6 is 0 Å². The summed E-state index contributed by atoms with van der Waals surface area (Å²) < 4.78 is 22.5. The highest BCUT2D eigenvalue weighted by atomic mass is 32.2. The summed E-state index contributed by atoms with van der Waals surface area (Å²) in [6, 6.07) is 0.234. The lowest BCUT2D eigenvalue weighted by atomic mass is 10.2. The van der Waals surface area contributed by atoms with Crippen LogP contribution in [0.1, 0.15) is 25.7 Å². The zero-order valence-electron chi connectivity index (χ0n) is 8.41. The predicted molar refractivity (Wildman–Crippen MR) is 55.9 cm³/mol. The number of nitrogens with one attached hydrogen (secondary N) is 1. The molecule has 0 aromatic heterocycles. The Kier molecular flexibility index (Phi) is 2.93. The molecular formula is C10H18NO2S+. The monoisotopic (exact) mass is 216 g/mol. The van der Waals surface area contributed by atoms with Crippen LogP contribution in [0.5, 0.6) is 0 Å². The van der Waals surface area contributed by atoms with E-state index in [4.69, 9.17) is 0 Å². The molecule has 3 nitrogen and oxygen atoms in total. The zero-order chi connectivity index (χ0) is 10.0. The van der Waals surface area contributed by atoms with Gasteiger partial charge in [0.1, 0.15) is 11.8 Å². The van der Waals surface area contributed by atoms with Crippen LogP contribution in [-0.2, 0) is 9.84 Å². The molecule has 1 atom stereocenters. The van der Waals surface area contributed by atoms with Crippen molar-refractivity contribution in [1.29, 1.82) is 0 Å². The molecule has 0 saturated carbocycles. The zero-order valence-corrected chi connectivity index (χ0v) is 9.22. The molecule has 4 heteroatoms. The third-order valence-electron chi connectivity index (χ3n) is 3.20.